The molecule has 0 saturated heterocycles. The highest BCUT2D eigenvalue weighted by Crippen LogP contribution is 2.24. The maximum Gasteiger partial charge on any atom is 0.317 e. The molecule has 3 N–H and O–H groups in total. The summed E-state index contributed by atoms with van der Waals surface area (Å²) in [5, 5.41) is 21.3. The Kier molecular flexibility index (Phi) is 6.78. The third-order valence-electron chi connectivity index (χ3n) is 3.87. The van der Waals surface area contributed by atoms with Crippen LogP contribution in [0.25, 0.3) is 0 Å². The predicted octanol–water partition coefficient (Wildman–Crippen LogP) is 1.43. The molecular weight excluding hydrogens is 260 g/mol. The number of amides is 2. The van der Waals surface area contributed by atoms with Gasteiger partial charge in [0.1, 0.15) is 0 Å². The van der Waals surface area contributed by atoms with Crippen molar-refractivity contribution < 1.29 is 19.8 Å². The predicted molar refractivity (Wildman–Crippen MR) is 75.5 cm³/mol. The molecule has 0 aromatic heterocycles. The lowest BCUT2D eigenvalue weighted by Gasteiger charge is -2.26. The van der Waals surface area contributed by atoms with E-state index < -0.39 is 18.0 Å². The van der Waals surface area contributed by atoms with E-state index in [1.165, 1.54) is 4.90 Å². The van der Waals surface area contributed by atoms with Gasteiger partial charge < -0.3 is 20.4 Å². The lowest BCUT2D eigenvalue weighted by molar-refractivity contribution is -0.142. The SMILES string of the molecule is CC(O)CCN(C)C(=O)NC1CCCCCC1C(=O)O. The monoisotopic (exact) mass is 286 g/mol. The summed E-state index contributed by atoms with van der Waals surface area (Å²) in [6, 6.07) is -0.555. The van der Waals surface area contributed by atoms with Crippen LogP contribution in [0.5, 0.6) is 0 Å². The van der Waals surface area contributed by atoms with Gasteiger partial charge in [0.2, 0.25) is 0 Å². The Labute approximate surface area is 120 Å². The maximum atomic E-state index is 12.0. The molecule has 3 unspecified atom stereocenters. The number of carboxylic acids is 1. The van der Waals surface area contributed by atoms with Gasteiger partial charge in [-0.25, -0.2) is 4.79 Å². The van der Waals surface area contributed by atoms with Crippen LogP contribution in [0.4, 0.5) is 4.79 Å². The molecule has 0 radical (unpaired) electrons. The zero-order valence-corrected chi connectivity index (χ0v) is 12.3. The topological polar surface area (TPSA) is 89.9 Å². The summed E-state index contributed by atoms with van der Waals surface area (Å²) in [4.78, 5) is 24.8. The minimum atomic E-state index is -0.830. The summed E-state index contributed by atoms with van der Waals surface area (Å²) in [5.74, 6) is -1.32. The van der Waals surface area contributed by atoms with E-state index in [-0.39, 0.29) is 12.1 Å². The second kappa shape index (κ2) is 8.09. The highest BCUT2D eigenvalue weighted by molar-refractivity contribution is 5.76. The number of nitrogens with zero attached hydrogens (tertiary/aromatic N) is 1. The number of hydrogen-bond acceptors (Lipinski definition) is 3. The number of carbonyl (C=O) groups excluding carboxylic acids is 1. The molecule has 0 spiro atoms. The van der Waals surface area contributed by atoms with E-state index >= 15 is 0 Å². The number of nitrogens with one attached hydrogen (secondary N) is 1. The molecule has 0 aliphatic heterocycles. The van der Waals surface area contributed by atoms with Crippen molar-refractivity contribution in [3.05, 3.63) is 0 Å². The summed E-state index contributed by atoms with van der Waals surface area (Å²) in [7, 11) is 1.66. The first kappa shape index (κ1) is 16.8. The van der Waals surface area contributed by atoms with Crippen molar-refractivity contribution in [2.75, 3.05) is 13.6 Å². The normalized spacial score (nSPS) is 24.6. The molecule has 6 nitrogen and oxygen atoms in total. The molecule has 1 saturated carbocycles. The van der Waals surface area contributed by atoms with Gasteiger partial charge in [0, 0.05) is 19.6 Å². The van der Waals surface area contributed by atoms with Crippen LogP contribution in [-0.4, -0.2) is 52.9 Å². The zero-order chi connectivity index (χ0) is 15.1. The molecule has 6 heteroatoms. The van der Waals surface area contributed by atoms with Crippen molar-refractivity contribution in [2.45, 2.75) is 57.6 Å². The van der Waals surface area contributed by atoms with Gasteiger partial charge in [-0.1, -0.05) is 19.3 Å². The van der Waals surface area contributed by atoms with Gasteiger partial charge in [0.05, 0.1) is 12.0 Å². The molecule has 0 aromatic rings. The van der Waals surface area contributed by atoms with Crippen LogP contribution in [-0.2, 0) is 4.79 Å². The van der Waals surface area contributed by atoms with E-state index in [4.69, 9.17) is 0 Å². The van der Waals surface area contributed by atoms with Crippen molar-refractivity contribution in [3.63, 3.8) is 0 Å². The maximum absolute atomic E-state index is 12.0. The summed E-state index contributed by atoms with van der Waals surface area (Å²) in [6.07, 6.45) is 4.28. The molecule has 3 atom stereocenters. The fraction of sp³-hybridized carbons (Fsp3) is 0.857. The largest absolute Gasteiger partial charge is 0.481 e. The van der Waals surface area contributed by atoms with E-state index in [1.54, 1.807) is 14.0 Å². The fourth-order valence-corrected chi connectivity index (χ4v) is 2.53. The third kappa shape index (κ3) is 5.36. The first-order valence-electron chi connectivity index (χ1n) is 7.34. The number of carboxylic acid groups (broad SMARTS) is 1. The zero-order valence-electron chi connectivity index (χ0n) is 12.3. The number of aliphatic hydroxyl groups is 1. The van der Waals surface area contributed by atoms with Gasteiger partial charge in [-0.2, -0.15) is 0 Å². The number of aliphatic hydroxyl groups excluding tert-OH is 1. The standard InChI is InChI=1S/C14H26N2O4/c1-10(17)8-9-16(2)14(20)15-12-7-5-3-4-6-11(12)13(18)19/h10-12,17H,3-9H2,1-2H3,(H,15,20)(H,18,19). The first-order chi connectivity index (χ1) is 9.41. The molecule has 20 heavy (non-hydrogen) atoms. The molecule has 0 heterocycles. The number of carbonyl (C=O) groups is 2. The molecule has 1 rings (SSSR count). The van der Waals surface area contributed by atoms with Crippen molar-refractivity contribution in [2.24, 2.45) is 5.92 Å². The third-order valence-corrected chi connectivity index (χ3v) is 3.87. The second-order valence-corrected chi connectivity index (χ2v) is 5.70. The molecule has 2 amide bonds. The second-order valence-electron chi connectivity index (χ2n) is 5.70. The van der Waals surface area contributed by atoms with Crippen LogP contribution in [0.1, 0.15) is 45.4 Å². The highest BCUT2D eigenvalue weighted by Gasteiger charge is 2.31. The summed E-state index contributed by atoms with van der Waals surface area (Å²) < 4.78 is 0. The molecule has 1 fully saturated rings. The van der Waals surface area contributed by atoms with E-state index in [0.717, 1.165) is 19.3 Å². The van der Waals surface area contributed by atoms with Crippen molar-refractivity contribution in [3.8, 4) is 0 Å². The van der Waals surface area contributed by atoms with Gasteiger partial charge in [-0.3, -0.25) is 4.79 Å². The smallest absolute Gasteiger partial charge is 0.317 e. The Morgan fingerprint density at radius 2 is 1.95 bits per heavy atom. The minimum Gasteiger partial charge on any atom is -0.481 e. The van der Waals surface area contributed by atoms with Crippen LogP contribution in [0.3, 0.4) is 0 Å². The van der Waals surface area contributed by atoms with Crippen molar-refractivity contribution in [1.82, 2.24) is 10.2 Å². The Morgan fingerprint density at radius 3 is 2.55 bits per heavy atom. The average molecular weight is 286 g/mol. The van der Waals surface area contributed by atoms with Crippen LogP contribution in [0.2, 0.25) is 0 Å². The molecule has 1 aliphatic carbocycles. The van der Waals surface area contributed by atoms with Crippen LogP contribution in [0, 0.1) is 5.92 Å². The Morgan fingerprint density at radius 1 is 1.30 bits per heavy atom. The van der Waals surface area contributed by atoms with Gasteiger partial charge in [-0.05, 0) is 26.2 Å². The number of hydrogen-bond donors (Lipinski definition) is 3. The fourth-order valence-electron chi connectivity index (χ4n) is 2.53. The number of urea groups is 1. The van der Waals surface area contributed by atoms with E-state index in [9.17, 15) is 19.8 Å². The average Bonchev–Trinajstić information content (AvgIpc) is 2.61. The lowest BCUT2D eigenvalue weighted by atomic mass is 9.95. The number of aliphatic carboxylic acids is 1. The lowest BCUT2D eigenvalue weighted by Crippen LogP contribution is -2.48. The molecule has 0 bridgehead atoms. The quantitative estimate of drug-likeness (QED) is 0.667. The van der Waals surface area contributed by atoms with E-state index in [2.05, 4.69) is 5.32 Å². The van der Waals surface area contributed by atoms with Crippen molar-refractivity contribution >= 4 is 12.0 Å². The van der Waals surface area contributed by atoms with Gasteiger partial charge in [0.15, 0.2) is 0 Å². The molecule has 116 valence electrons. The van der Waals surface area contributed by atoms with Gasteiger partial charge in [-0.15, -0.1) is 0 Å². The Hall–Kier alpha value is -1.30. The highest BCUT2D eigenvalue weighted by atomic mass is 16.4. The van der Waals surface area contributed by atoms with E-state index in [0.29, 0.717) is 25.8 Å². The Balaban J connectivity index is 2.54. The first-order valence-corrected chi connectivity index (χ1v) is 7.34. The Bertz CT molecular complexity index is 333. The summed E-state index contributed by atoms with van der Waals surface area (Å²) in [5.41, 5.74) is 0. The van der Waals surface area contributed by atoms with Crippen molar-refractivity contribution in [1.29, 1.82) is 0 Å². The summed E-state index contributed by atoms with van der Waals surface area (Å²) >= 11 is 0. The van der Waals surface area contributed by atoms with Crippen LogP contribution in [0.15, 0.2) is 0 Å². The van der Waals surface area contributed by atoms with Gasteiger partial charge in [0.25, 0.3) is 0 Å². The summed E-state index contributed by atoms with van der Waals surface area (Å²) in [6.45, 7) is 2.13. The molecular formula is C14H26N2O4. The molecule has 0 aromatic carbocycles. The minimum absolute atomic E-state index is 0.260. The number of rotatable bonds is 5. The van der Waals surface area contributed by atoms with Gasteiger partial charge >= 0.3 is 12.0 Å². The van der Waals surface area contributed by atoms with Crippen LogP contribution < -0.4 is 5.32 Å². The van der Waals surface area contributed by atoms with Crippen LogP contribution >= 0.6 is 0 Å². The molecule has 1 aliphatic rings. The van der Waals surface area contributed by atoms with E-state index in [1.807, 2.05) is 0 Å².